The molecule has 0 spiro atoms. The number of amides is 3. The number of carboxylic acid groups (broad SMARTS) is 1. The average molecular weight is 314 g/mol. The summed E-state index contributed by atoms with van der Waals surface area (Å²) >= 11 is 0. The second kappa shape index (κ2) is 9.24. The van der Waals surface area contributed by atoms with E-state index >= 15 is 0 Å². The van der Waals surface area contributed by atoms with Crippen molar-refractivity contribution in [2.45, 2.75) is 57.7 Å². The lowest BCUT2D eigenvalue weighted by atomic mass is 10.1. The first-order valence-electron chi connectivity index (χ1n) is 7.71. The van der Waals surface area contributed by atoms with Crippen LogP contribution < -0.4 is 21.3 Å². The summed E-state index contributed by atoms with van der Waals surface area (Å²) < 4.78 is 0. The first-order valence-corrected chi connectivity index (χ1v) is 7.71. The lowest BCUT2D eigenvalue weighted by molar-refractivity contribution is -0.130. The van der Waals surface area contributed by atoms with Gasteiger partial charge in [0.1, 0.15) is 6.04 Å². The molecule has 1 saturated heterocycles. The molecule has 0 saturated carbocycles. The Morgan fingerprint density at radius 3 is 2.55 bits per heavy atom. The first-order chi connectivity index (χ1) is 10.4. The number of hydrogen-bond acceptors (Lipinski definition) is 4. The molecule has 8 nitrogen and oxygen atoms in total. The molecule has 1 fully saturated rings. The van der Waals surface area contributed by atoms with E-state index in [2.05, 4.69) is 21.3 Å². The number of nitrogens with one attached hydrogen (secondary N) is 4. The Hall–Kier alpha value is -1.83. The van der Waals surface area contributed by atoms with Crippen LogP contribution in [0.3, 0.4) is 0 Å². The van der Waals surface area contributed by atoms with E-state index < -0.39 is 12.1 Å². The minimum Gasteiger partial charge on any atom is -0.465 e. The highest BCUT2D eigenvalue weighted by atomic mass is 16.4. The standard InChI is InChI=1S/C14H26N4O4/c1-9(2)17-13(20)11(6-4-8-16-14(21)22)18-12(19)10-5-3-7-15-10/h9-11,15-16H,3-8H2,1-2H3,(H,17,20)(H,18,19)(H,21,22)/t10?,11-/m0/s1. The van der Waals surface area contributed by atoms with Gasteiger partial charge in [-0.05, 0) is 46.1 Å². The molecule has 126 valence electrons. The fourth-order valence-corrected chi connectivity index (χ4v) is 2.34. The van der Waals surface area contributed by atoms with Gasteiger partial charge in [-0.15, -0.1) is 0 Å². The van der Waals surface area contributed by atoms with Crippen LogP contribution in [0.5, 0.6) is 0 Å². The van der Waals surface area contributed by atoms with Gasteiger partial charge in [-0.1, -0.05) is 0 Å². The van der Waals surface area contributed by atoms with E-state index in [4.69, 9.17) is 5.11 Å². The lowest BCUT2D eigenvalue weighted by Crippen LogP contribution is -2.52. The molecule has 1 heterocycles. The molecule has 8 heteroatoms. The van der Waals surface area contributed by atoms with E-state index in [1.165, 1.54) is 0 Å². The van der Waals surface area contributed by atoms with Crippen molar-refractivity contribution in [2.24, 2.45) is 0 Å². The summed E-state index contributed by atoms with van der Waals surface area (Å²) in [4.78, 5) is 34.7. The maximum Gasteiger partial charge on any atom is 0.404 e. The minimum atomic E-state index is -1.10. The van der Waals surface area contributed by atoms with Gasteiger partial charge >= 0.3 is 6.09 Å². The monoisotopic (exact) mass is 314 g/mol. The third kappa shape index (κ3) is 6.75. The molecular formula is C14H26N4O4. The Morgan fingerprint density at radius 2 is 2.00 bits per heavy atom. The fraction of sp³-hybridized carbons (Fsp3) is 0.786. The second-order valence-electron chi connectivity index (χ2n) is 5.75. The molecule has 1 aliphatic rings. The predicted octanol–water partition coefficient (Wildman–Crippen LogP) is -0.204. The molecular weight excluding hydrogens is 288 g/mol. The normalized spacial score (nSPS) is 18.8. The van der Waals surface area contributed by atoms with Gasteiger partial charge < -0.3 is 26.4 Å². The number of rotatable bonds is 8. The third-order valence-corrected chi connectivity index (χ3v) is 3.39. The zero-order valence-corrected chi connectivity index (χ0v) is 13.1. The summed E-state index contributed by atoms with van der Waals surface area (Å²) in [5.41, 5.74) is 0. The molecule has 3 amide bonds. The van der Waals surface area contributed by atoms with Gasteiger partial charge in [-0.2, -0.15) is 0 Å². The van der Waals surface area contributed by atoms with E-state index in [1.54, 1.807) is 0 Å². The molecule has 5 N–H and O–H groups in total. The van der Waals surface area contributed by atoms with Crippen LogP contribution in [-0.4, -0.2) is 54.2 Å². The summed E-state index contributed by atoms with van der Waals surface area (Å²) in [6.07, 6.45) is 1.48. The molecule has 0 bridgehead atoms. The zero-order chi connectivity index (χ0) is 16.5. The Bertz CT molecular complexity index is 394. The Morgan fingerprint density at radius 1 is 1.27 bits per heavy atom. The maximum atomic E-state index is 12.1. The smallest absolute Gasteiger partial charge is 0.404 e. The van der Waals surface area contributed by atoms with Crippen LogP contribution in [0.4, 0.5) is 4.79 Å². The fourth-order valence-electron chi connectivity index (χ4n) is 2.34. The van der Waals surface area contributed by atoms with Gasteiger partial charge in [0.15, 0.2) is 0 Å². The van der Waals surface area contributed by atoms with Gasteiger partial charge in [-0.25, -0.2) is 4.79 Å². The van der Waals surface area contributed by atoms with Crippen LogP contribution >= 0.6 is 0 Å². The Balaban J connectivity index is 2.50. The summed E-state index contributed by atoms with van der Waals surface area (Å²) in [5.74, 6) is -0.413. The van der Waals surface area contributed by atoms with E-state index in [-0.39, 0.29) is 30.4 Å². The highest BCUT2D eigenvalue weighted by molar-refractivity contribution is 5.90. The molecule has 1 aliphatic heterocycles. The molecule has 2 atom stereocenters. The van der Waals surface area contributed by atoms with Crippen molar-refractivity contribution in [1.29, 1.82) is 0 Å². The van der Waals surface area contributed by atoms with Gasteiger partial charge in [0.25, 0.3) is 0 Å². The molecule has 22 heavy (non-hydrogen) atoms. The van der Waals surface area contributed by atoms with E-state index in [1.807, 2.05) is 13.8 Å². The minimum absolute atomic E-state index is 0.0198. The molecule has 0 aromatic heterocycles. The highest BCUT2D eigenvalue weighted by Crippen LogP contribution is 2.06. The van der Waals surface area contributed by atoms with Crippen molar-refractivity contribution in [2.75, 3.05) is 13.1 Å². The predicted molar refractivity (Wildman–Crippen MR) is 81.5 cm³/mol. The van der Waals surface area contributed by atoms with Crippen molar-refractivity contribution in [3.05, 3.63) is 0 Å². The second-order valence-corrected chi connectivity index (χ2v) is 5.75. The molecule has 0 aliphatic carbocycles. The first kappa shape index (κ1) is 18.2. The molecule has 1 unspecified atom stereocenters. The summed E-state index contributed by atoms with van der Waals surface area (Å²) in [6, 6.07) is -0.909. The van der Waals surface area contributed by atoms with Crippen molar-refractivity contribution < 1.29 is 19.5 Å². The lowest BCUT2D eigenvalue weighted by Gasteiger charge is -2.21. The topological polar surface area (TPSA) is 120 Å². The highest BCUT2D eigenvalue weighted by Gasteiger charge is 2.27. The van der Waals surface area contributed by atoms with Crippen molar-refractivity contribution in [1.82, 2.24) is 21.3 Å². The Labute approximate surface area is 130 Å². The number of carbonyl (C=O) groups excluding carboxylic acids is 2. The molecule has 0 radical (unpaired) electrons. The van der Waals surface area contributed by atoms with Gasteiger partial charge in [0.2, 0.25) is 11.8 Å². The largest absolute Gasteiger partial charge is 0.465 e. The van der Waals surface area contributed by atoms with Crippen LogP contribution in [0.25, 0.3) is 0 Å². The molecule has 1 rings (SSSR count). The summed E-state index contributed by atoms with van der Waals surface area (Å²) in [5, 5.41) is 19.4. The van der Waals surface area contributed by atoms with Gasteiger partial charge in [-0.3, -0.25) is 9.59 Å². The van der Waals surface area contributed by atoms with Gasteiger partial charge in [0, 0.05) is 12.6 Å². The van der Waals surface area contributed by atoms with E-state index in [0.717, 1.165) is 19.4 Å². The van der Waals surface area contributed by atoms with Crippen LogP contribution in [-0.2, 0) is 9.59 Å². The maximum absolute atomic E-state index is 12.1. The quantitative estimate of drug-likeness (QED) is 0.397. The van der Waals surface area contributed by atoms with Crippen molar-refractivity contribution in [3.8, 4) is 0 Å². The van der Waals surface area contributed by atoms with Gasteiger partial charge in [0.05, 0.1) is 6.04 Å². The molecule has 0 aromatic rings. The van der Waals surface area contributed by atoms with Crippen LogP contribution in [0, 0.1) is 0 Å². The Kier molecular flexibility index (Phi) is 7.65. The number of carbonyl (C=O) groups is 3. The van der Waals surface area contributed by atoms with Crippen LogP contribution in [0.2, 0.25) is 0 Å². The van der Waals surface area contributed by atoms with Crippen molar-refractivity contribution >= 4 is 17.9 Å². The van der Waals surface area contributed by atoms with Crippen LogP contribution in [0.15, 0.2) is 0 Å². The van der Waals surface area contributed by atoms with E-state index in [9.17, 15) is 14.4 Å². The molecule has 0 aromatic carbocycles. The van der Waals surface area contributed by atoms with Crippen molar-refractivity contribution in [3.63, 3.8) is 0 Å². The average Bonchev–Trinajstić information content (AvgIpc) is 2.94. The summed E-state index contributed by atoms with van der Waals surface area (Å²) in [6.45, 7) is 4.75. The zero-order valence-electron chi connectivity index (χ0n) is 13.1. The van der Waals surface area contributed by atoms with E-state index in [0.29, 0.717) is 12.8 Å². The third-order valence-electron chi connectivity index (χ3n) is 3.39. The van der Waals surface area contributed by atoms with Crippen LogP contribution in [0.1, 0.15) is 39.5 Å². The SMILES string of the molecule is CC(C)NC(=O)[C@H](CCCNC(=O)O)NC(=O)C1CCCN1. The number of hydrogen-bond donors (Lipinski definition) is 5. The summed E-state index contributed by atoms with van der Waals surface area (Å²) in [7, 11) is 0.